The van der Waals surface area contributed by atoms with E-state index < -0.39 is 5.91 Å². The summed E-state index contributed by atoms with van der Waals surface area (Å²) in [4.78, 5) is 26.1. The minimum atomic E-state index is -0.405. The van der Waals surface area contributed by atoms with E-state index in [9.17, 15) is 9.59 Å². The van der Waals surface area contributed by atoms with E-state index in [0.717, 1.165) is 8.95 Å². The second-order valence-electron chi connectivity index (χ2n) is 7.08. The number of hydrazone groups is 1. The molecule has 2 aromatic carbocycles. The van der Waals surface area contributed by atoms with Crippen LogP contribution in [0.3, 0.4) is 0 Å². The number of nitrogens with zero attached hydrogens (tertiary/aromatic N) is 2. The van der Waals surface area contributed by atoms with E-state index in [0.29, 0.717) is 55.7 Å². The summed E-state index contributed by atoms with van der Waals surface area (Å²) in [6, 6.07) is 10.6. The van der Waals surface area contributed by atoms with Crippen molar-refractivity contribution < 1.29 is 28.5 Å². The summed E-state index contributed by atoms with van der Waals surface area (Å²) in [5.74, 6) is 0.981. The first-order valence-electron chi connectivity index (χ1n) is 10.6. The van der Waals surface area contributed by atoms with Gasteiger partial charge in [0, 0.05) is 17.6 Å². The first-order valence-corrected chi connectivity index (χ1v) is 12.2. The van der Waals surface area contributed by atoms with Crippen molar-refractivity contribution >= 4 is 49.9 Å². The highest BCUT2D eigenvalue weighted by Gasteiger charge is 2.18. The van der Waals surface area contributed by atoms with Gasteiger partial charge in [-0.3, -0.25) is 9.59 Å². The van der Waals surface area contributed by atoms with Gasteiger partial charge >= 0.3 is 0 Å². The van der Waals surface area contributed by atoms with Gasteiger partial charge in [-0.1, -0.05) is 15.9 Å². The Hall–Kier alpha value is -2.63. The maximum absolute atomic E-state index is 12.3. The highest BCUT2D eigenvalue weighted by molar-refractivity contribution is 9.11. The zero-order valence-electron chi connectivity index (χ0n) is 18.6. The molecule has 0 unspecified atom stereocenters. The van der Waals surface area contributed by atoms with Crippen molar-refractivity contribution in [1.29, 1.82) is 0 Å². The van der Waals surface area contributed by atoms with Crippen LogP contribution < -0.4 is 19.6 Å². The lowest BCUT2D eigenvalue weighted by Gasteiger charge is -2.26. The van der Waals surface area contributed by atoms with E-state index >= 15 is 0 Å². The first kappa shape index (κ1) is 26.0. The third kappa shape index (κ3) is 8.00. The number of morpholine rings is 1. The summed E-state index contributed by atoms with van der Waals surface area (Å²) in [5.41, 5.74) is 3.11. The molecular formula is C23H25Br2N3O6. The van der Waals surface area contributed by atoms with E-state index in [2.05, 4.69) is 42.4 Å². The topological polar surface area (TPSA) is 98.7 Å². The van der Waals surface area contributed by atoms with Crippen LogP contribution in [0.5, 0.6) is 17.2 Å². The highest BCUT2D eigenvalue weighted by atomic mass is 79.9. The molecule has 0 saturated carbocycles. The first-order chi connectivity index (χ1) is 16.5. The zero-order chi connectivity index (χ0) is 24.3. The number of amides is 2. The number of halogens is 2. The molecule has 34 heavy (non-hydrogen) atoms. The van der Waals surface area contributed by atoms with Crippen LogP contribution >= 0.6 is 31.9 Å². The van der Waals surface area contributed by atoms with Gasteiger partial charge in [0.1, 0.15) is 5.75 Å². The van der Waals surface area contributed by atoms with Crippen LogP contribution in [0.15, 0.2) is 50.4 Å². The second kappa shape index (κ2) is 13.3. The van der Waals surface area contributed by atoms with Gasteiger partial charge in [0.15, 0.2) is 24.7 Å². The molecule has 0 spiro atoms. The molecule has 0 aliphatic carbocycles. The predicted octanol–water partition coefficient (Wildman–Crippen LogP) is 3.38. The van der Waals surface area contributed by atoms with Crippen LogP contribution in [0.4, 0.5) is 0 Å². The molecule has 1 aliphatic rings. The summed E-state index contributed by atoms with van der Waals surface area (Å²) in [6.07, 6.45) is 1.48. The molecule has 2 amide bonds. The summed E-state index contributed by atoms with van der Waals surface area (Å²) < 4.78 is 23.7. The number of rotatable bonds is 10. The normalized spacial score (nSPS) is 13.6. The lowest BCUT2D eigenvalue weighted by Crippen LogP contribution is -2.43. The van der Waals surface area contributed by atoms with Gasteiger partial charge in [0.05, 0.1) is 30.5 Å². The highest BCUT2D eigenvalue weighted by Crippen LogP contribution is 2.29. The summed E-state index contributed by atoms with van der Waals surface area (Å²) in [7, 11) is 0. The molecule has 1 N–H and O–H groups in total. The van der Waals surface area contributed by atoms with Gasteiger partial charge < -0.3 is 23.8 Å². The molecule has 182 valence electrons. The second-order valence-corrected chi connectivity index (χ2v) is 8.85. The van der Waals surface area contributed by atoms with Gasteiger partial charge in [-0.25, -0.2) is 5.43 Å². The molecule has 0 atom stereocenters. The van der Waals surface area contributed by atoms with Crippen molar-refractivity contribution in [3.63, 3.8) is 0 Å². The standard InChI is InChI=1S/C23H25Br2N3O6/c1-2-32-21-11-16(3-5-20(21)34-15-23(30)28-7-9-31-10-8-28)13-26-27-22(29)14-33-19-6-4-17(24)12-18(19)25/h3-6,11-13H,2,7-10,14-15H2,1H3,(H,27,29)/b26-13+. The van der Waals surface area contributed by atoms with Gasteiger partial charge in [0.2, 0.25) is 0 Å². The maximum Gasteiger partial charge on any atom is 0.277 e. The quantitative estimate of drug-likeness (QED) is 0.333. The number of benzene rings is 2. The maximum atomic E-state index is 12.3. The largest absolute Gasteiger partial charge is 0.490 e. The van der Waals surface area contributed by atoms with E-state index in [1.807, 2.05) is 19.1 Å². The molecular weight excluding hydrogens is 574 g/mol. The van der Waals surface area contributed by atoms with E-state index in [4.69, 9.17) is 18.9 Å². The van der Waals surface area contributed by atoms with Crippen LogP contribution in [-0.2, 0) is 14.3 Å². The number of nitrogens with one attached hydrogen (secondary N) is 1. The average Bonchev–Trinajstić information content (AvgIpc) is 2.83. The molecule has 0 radical (unpaired) electrons. The third-order valence-electron chi connectivity index (χ3n) is 4.64. The van der Waals surface area contributed by atoms with Gasteiger partial charge in [-0.2, -0.15) is 5.10 Å². The zero-order valence-corrected chi connectivity index (χ0v) is 21.8. The molecule has 1 aliphatic heterocycles. The van der Waals surface area contributed by atoms with Crippen LogP contribution in [0.2, 0.25) is 0 Å². The number of hydrogen-bond donors (Lipinski definition) is 1. The van der Waals surface area contributed by atoms with Crippen molar-refractivity contribution in [2.45, 2.75) is 6.92 Å². The molecule has 0 bridgehead atoms. The van der Waals surface area contributed by atoms with E-state index in [1.54, 1.807) is 29.2 Å². The molecule has 0 aromatic heterocycles. The minimum Gasteiger partial charge on any atom is -0.490 e. The Labute approximate surface area is 214 Å². The van der Waals surface area contributed by atoms with Gasteiger partial charge in [0.25, 0.3) is 11.8 Å². The summed E-state index contributed by atoms with van der Waals surface area (Å²) in [6.45, 7) is 4.20. The predicted molar refractivity (Wildman–Crippen MR) is 134 cm³/mol. The third-order valence-corrected chi connectivity index (χ3v) is 5.75. The van der Waals surface area contributed by atoms with Crippen molar-refractivity contribution in [3.05, 3.63) is 50.9 Å². The molecule has 1 fully saturated rings. The van der Waals surface area contributed by atoms with E-state index in [1.165, 1.54) is 6.21 Å². The molecule has 1 heterocycles. The Kier molecular flexibility index (Phi) is 10.2. The van der Waals surface area contributed by atoms with Crippen molar-refractivity contribution in [2.75, 3.05) is 46.1 Å². The van der Waals surface area contributed by atoms with Crippen LogP contribution in [0.25, 0.3) is 0 Å². The number of carbonyl (C=O) groups excluding carboxylic acids is 2. The van der Waals surface area contributed by atoms with Crippen molar-refractivity contribution in [1.82, 2.24) is 10.3 Å². The lowest BCUT2D eigenvalue weighted by atomic mass is 10.2. The summed E-state index contributed by atoms with van der Waals surface area (Å²) in [5, 5.41) is 3.96. The fourth-order valence-electron chi connectivity index (χ4n) is 2.98. The Balaban J connectivity index is 1.52. The Morgan fingerprint density at radius 3 is 2.50 bits per heavy atom. The average molecular weight is 599 g/mol. The number of ether oxygens (including phenoxy) is 4. The van der Waals surface area contributed by atoms with E-state index in [-0.39, 0.29) is 19.1 Å². The Bertz CT molecular complexity index is 1030. The van der Waals surface area contributed by atoms with Crippen LogP contribution in [-0.4, -0.2) is 69.1 Å². The van der Waals surface area contributed by atoms with Gasteiger partial charge in [-0.05, 0) is 64.8 Å². The lowest BCUT2D eigenvalue weighted by molar-refractivity contribution is -0.137. The number of hydrogen-bond acceptors (Lipinski definition) is 7. The van der Waals surface area contributed by atoms with Gasteiger partial charge in [-0.15, -0.1) is 0 Å². The molecule has 11 heteroatoms. The molecule has 9 nitrogen and oxygen atoms in total. The van der Waals surface area contributed by atoms with Crippen LogP contribution in [0, 0.1) is 0 Å². The molecule has 1 saturated heterocycles. The fourth-order valence-corrected chi connectivity index (χ4v) is 4.14. The molecule has 3 rings (SSSR count). The smallest absolute Gasteiger partial charge is 0.277 e. The SMILES string of the molecule is CCOc1cc(/C=N/NC(=O)COc2ccc(Br)cc2Br)ccc1OCC(=O)N1CCOCC1. The fraction of sp³-hybridized carbons (Fsp3) is 0.348. The summed E-state index contributed by atoms with van der Waals surface area (Å²) >= 11 is 6.74. The van der Waals surface area contributed by atoms with Crippen molar-refractivity contribution in [2.24, 2.45) is 5.10 Å². The monoisotopic (exact) mass is 597 g/mol. The number of carbonyl (C=O) groups is 2. The Morgan fingerprint density at radius 1 is 1.03 bits per heavy atom. The van der Waals surface area contributed by atoms with Crippen LogP contribution in [0.1, 0.15) is 12.5 Å². The minimum absolute atomic E-state index is 0.0853. The Morgan fingerprint density at radius 2 is 1.76 bits per heavy atom. The van der Waals surface area contributed by atoms with Crippen molar-refractivity contribution in [3.8, 4) is 17.2 Å². The molecule has 2 aromatic rings.